The second kappa shape index (κ2) is 6.75. The van der Waals surface area contributed by atoms with Crippen molar-refractivity contribution in [2.75, 3.05) is 0 Å². The molecule has 0 radical (unpaired) electrons. The van der Waals surface area contributed by atoms with Gasteiger partial charge in [-0.25, -0.2) is 0 Å². The van der Waals surface area contributed by atoms with Crippen LogP contribution in [0.5, 0.6) is 0 Å². The molecular formula is C14H16O4P+. The van der Waals surface area contributed by atoms with Gasteiger partial charge in [0.2, 0.25) is 0 Å². The molecule has 0 saturated carbocycles. The first-order valence-corrected chi connectivity index (χ1v) is 7.40. The molecular weight excluding hydrogens is 263 g/mol. The van der Waals surface area contributed by atoms with Crippen LogP contribution in [0.1, 0.15) is 11.1 Å². The SMILES string of the molecule is O[P+](O)(OCc1ccccc1)OCc1ccccc1. The van der Waals surface area contributed by atoms with Gasteiger partial charge in [-0.1, -0.05) is 60.7 Å². The predicted molar refractivity (Wildman–Crippen MR) is 73.8 cm³/mol. The molecule has 0 spiro atoms. The van der Waals surface area contributed by atoms with Crippen LogP contribution >= 0.6 is 8.17 Å². The van der Waals surface area contributed by atoms with E-state index >= 15 is 0 Å². The van der Waals surface area contributed by atoms with E-state index in [9.17, 15) is 9.79 Å². The zero-order chi connectivity index (χ0) is 13.6. The van der Waals surface area contributed by atoms with E-state index in [1.807, 2.05) is 60.7 Å². The molecule has 2 rings (SSSR count). The summed E-state index contributed by atoms with van der Waals surface area (Å²) in [6.07, 6.45) is 0. The second-order valence-corrected chi connectivity index (χ2v) is 5.51. The molecule has 0 amide bonds. The summed E-state index contributed by atoms with van der Waals surface area (Å²) in [7, 11) is -3.77. The minimum Gasteiger partial charge on any atom is -0.168 e. The molecule has 0 fully saturated rings. The Labute approximate surface area is 112 Å². The number of rotatable bonds is 6. The van der Waals surface area contributed by atoms with Crippen molar-refractivity contribution in [1.82, 2.24) is 0 Å². The molecule has 0 unspecified atom stereocenters. The van der Waals surface area contributed by atoms with Crippen molar-refractivity contribution < 1.29 is 18.8 Å². The van der Waals surface area contributed by atoms with Crippen molar-refractivity contribution >= 4 is 8.17 Å². The van der Waals surface area contributed by atoms with Gasteiger partial charge >= 0.3 is 8.17 Å². The number of hydrogen-bond acceptors (Lipinski definition) is 4. The molecule has 0 atom stereocenters. The Kier molecular flexibility index (Phi) is 5.02. The third-order valence-corrected chi connectivity index (χ3v) is 3.42. The van der Waals surface area contributed by atoms with Crippen molar-refractivity contribution in [3.8, 4) is 0 Å². The van der Waals surface area contributed by atoms with Gasteiger partial charge in [0.25, 0.3) is 0 Å². The van der Waals surface area contributed by atoms with Gasteiger partial charge in [-0.15, -0.1) is 9.05 Å². The molecule has 2 aromatic carbocycles. The lowest BCUT2D eigenvalue weighted by Gasteiger charge is -2.09. The zero-order valence-corrected chi connectivity index (χ0v) is 11.2. The van der Waals surface area contributed by atoms with E-state index < -0.39 is 8.17 Å². The Balaban J connectivity index is 1.82. The average molecular weight is 279 g/mol. The van der Waals surface area contributed by atoms with Gasteiger partial charge in [0.05, 0.1) is 0 Å². The van der Waals surface area contributed by atoms with E-state index in [0.717, 1.165) is 11.1 Å². The highest BCUT2D eigenvalue weighted by Crippen LogP contribution is 2.53. The second-order valence-electron chi connectivity index (χ2n) is 4.01. The Morgan fingerprint density at radius 1 is 0.684 bits per heavy atom. The molecule has 100 valence electrons. The molecule has 0 saturated heterocycles. The first-order valence-electron chi connectivity index (χ1n) is 5.87. The van der Waals surface area contributed by atoms with Gasteiger partial charge in [0.15, 0.2) is 0 Å². The maximum atomic E-state index is 9.66. The molecule has 0 aliphatic heterocycles. The molecule has 0 heterocycles. The molecule has 4 nitrogen and oxygen atoms in total. The van der Waals surface area contributed by atoms with Crippen LogP contribution in [0.2, 0.25) is 0 Å². The lowest BCUT2D eigenvalue weighted by atomic mass is 10.2. The van der Waals surface area contributed by atoms with Crippen molar-refractivity contribution in [1.29, 1.82) is 0 Å². The van der Waals surface area contributed by atoms with Gasteiger partial charge in [-0.05, 0) is 11.1 Å². The van der Waals surface area contributed by atoms with Crippen LogP contribution in [0.15, 0.2) is 60.7 Å². The maximum Gasteiger partial charge on any atom is 0.570 e. The minimum atomic E-state index is -3.77. The van der Waals surface area contributed by atoms with Gasteiger partial charge < -0.3 is 0 Å². The summed E-state index contributed by atoms with van der Waals surface area (Å²) < 4.78 is 10.1. The van der Waals surface area contributed by atoms with Crippen LogP contribution in [0, 0.1) is 0 Å². The predicted octanol–water partition coefficient (Wildman–Crippen LogP) is 3.08. The summed E-state index contributed by atoms with van der Waals surface area (Å²) in [5, 5.41) is 0. The molecule has 5 heteroatoms. The summed E-state index contributed by atoms with van der Waals surface area (Å²) in [5.74, 6) is 0. The van der Waals surface area contributed by atoms with E-state index in [1.54, 1.807) is 0 Å². The molecule has 2 aromatic rings. The zero-order valence-electron chi connectivity index (χ0n) is 10.3. The van der Waals surface area contributed by atoms with Crippen LogP contribution < -0.4 is 0 Å². The molecule has 2 N–H and O–H groups in total. The Hall–Kier alpha value is -1.29. The van der Waals surface area contributed by atoms with Gasteiger partial charge in [-0.2, -0.15) is 9.79 Å². The van der Waals surface area contributed by atoms with Crippen molar-refractivity contribution in [3.63, 3.8) is 0 Å². The fourth-order valence-electron chi connectivity index (χ4n) is 1.50. The number of benzene rings is 2. The van der Waals surface area contributed by atoms with E-state index in [0.29, 0.717) is 0 Å². The molecule has 0 aliphatic rings. The highest BCUT2D eigenvalue weighted by Gasteiger charge is 2.39. The monoisotopic (exact) mass is 279 g/mol. The normalized spacial score (nSPS) is 11.5. The van der Waals surface area contributed by atoms with Gasteiger partial charge in [0, 0.05) is 0 Å². The van der Waals surface area contributed by atoms with Crippen molar-refractivity contribution in [2.45, 2.75) is 13.2 Å². The highest BCUT2D eigenvalue weighted by molar-refractivity contribution is 7.54. The summed E-state index contributed by atoms with van der Waals surface area (Å²) in [6, 6.07) is 18.6. The summed E-state index contributed by atoms with van der Waals surface area (Å²) in [5.41, 5.74) is 1.72. The van der Waals surface area contributed by atoms with E-state index in [-0.39, 0.29) is 13.2 Å². The summed E-state index contributed by atoms with van der Waals surface area (Å²) in [6.45, 7) is 0.215. The maximum absolute atomic E-state index is 9.66. The molecule has 0 bridgehead atoms. The Bertz CT molecular complexity index is 442. The fraction of sp³-hybridized carbons (Fsp3) is 0.143. The third-order valence-electron chi connectivity index (χ3n) is 2.48. The minimum absolute atomic E-state index is 0.108. The van der Waals surface area contributed by atoms with Crippen LogP contribution in [0.3, 0.4) is 0 Å². The highest BCUT2D eigenvalue weighted by atomic mass is 31.2. The Morgan fingerprint density at radius 2 is 1.05 bits per heavy atom. The molecule has 0 aliphatic carbocycles. The molecule has 19 heavy (non-hydrogen) atoms. The van der Waals surface area contributed by atoms with Crippen LogP contribution in [-0.4, -0.2) is 9.79 Å². The van der Waals surface area contributed by atoms with Crippen LogP contribution in [0.25, 0.3) is 0 Å². The number of hydrogen-bond donors (Lipinski definition) is 2. The fourth-order valence-corrected chi connectivity index (χ4v) is 2.21. The van der Waals surface area contributed by atoms with Gasteiger partial charge in [0.1, 0.15) is 13.2 Å². The lowest BCUT2D eigenvalue weighted by Crippen LogP contribution is -2.02. The quantitative estimate of drug-likeness (QED) is 0.798. The summed E-state index contributed by atoms with van der Waals surface area (Å²) in [4.78, 5) is 19.3. The first kappa shape index (κ1) is 14.1. The first-order chi connectivity index (χ1) is 9.16. The van der Waals surface area contributed by atoms with E-state index in [4.69, 9.17) is 9.05 Å². The smallest absolute Gasteiger partial charge is 0.168 e. The van der Waals surface area contributed by atoms with E-state index in [2.05, 4.69) is 0 Å². The largest absolute Gasteiger partial charge is 0.570 e. The van der Waals surface area contributed by atoms with E-state index in [1.165, 1.54) is 0 Å². The van der Waals surface area contributed by atoms with Crippen molar-refractivity contribution in [2.24, 2.45) is 0 Å². The lowest BCUT2D eigenvalue weighted by molar-refractivity contribution is 0.104. The van der Waals surface area contributed by atoms with Crippen LogP contribution in [-0.2, 0) is 22.3 Å². The van der Waals surface area contributed by atoms with Gasteiger partial charge in [-0.3, -0.25) is 0 Å². The average Bonchev–Trinajstić information content (AvgIpc) is 2.46. The molecule has 0 aromatic heterocycles. The summed E-state index contributed by atoms with van der Waals surface area (Å²) >= 11 is 0. The topological polar surface area (TPSA) is 58.9 Å². The van der Waals surface area contributed by atoms with Crippen molar-refractivity contribution in [3.05, 3.63) is 71.8 Å². The Morgan fingerprint density at radius 3 is 1.42 bits per heavy atom. The van der Waals surface area contributed by atoms with Crippen LogP contribution in [0.4, 0.5) is 0 Å². The standard InChI is InChI=1S/C14H16O4P/c15-19(16,17-11-13-7-3-1-4-8-13)18-12-14-9-5-2-6-10-14/h1-10,15-16H,11-12H2/q+1. The third kappa shape index (κ3) is 5.07.